The normalized spacial score (nSPS) is 19.3. The van der Waals surface area contributed by atoms with Crippen LogP contribution in [-0.4, -0.2) is 41.0 Å². The summed E-state index contributed by atoms with van der Waals surface area (Å²) in [5.41, 5.74) is 1.81. The monoisotopic (exact) mass is 318 g/mol. The van der Waals surface area contributed by atoms with E-state index in [4.69, 9.17) is 0 Å². The number of carbonyl (C=O) groups excluding carboxylic acids is 2. The van der Waals surface area contributed by atoms with Gasteiger partial charge in [0.15, 0.2) is 0 Å². The van der Waals surface area contributed by atoms with E-state index in [0.717, 1.165) is 24.0 Å². The molecule has 0 saturated carbocycles. The van der Waals surface area contributed by atoms with Gasteiger partial charge in [-0.1, -0.05) is 31.2 Å². The number of likely N-dealkylation sites (tertiary alicyclic amines) is 1. The molecule has 23 heavy (non-hydrogen) atoms. The summed E-state index contributed by atoms with van der Waals surface area (Å²) in [7, 11) is 0. The van der Waals surface area contributed by atoms with Crippen LogP contribution in [0, 0.1) is 6.92 Å². The molecule has 2 amide bonds. The molecule has 0 spiro atoms. The molecular weight excluding hydrogens is 292 g/mol. The summed E-state index contributed by atoms with van der Waals surface area (Å²) in [6.07, 6.45) is 2.26. The minimum atomic E-state index is -0.737. The van der Waals surface area contributed by atoms with Gasteiger partial charge in [0.2, 0.25) is 11.8 Å². The van der Waals surface area contributed by atoms with Crippen molar-refractivity contribution in [3.63, 3.8) is 0 Å². The van der Waals surface area contributed by atoms with E-state index in [-0.39, 0.29) is 18.4 Å². The number of hydrogen-bond acceptors (Lipinski definition) is 3. The van der Waals surface area contributed by atoms with Crippen molar-refractivity contribution in [2.75, 3.05) is 13.1 Å². The summed E-state index contributed by atoms with van der Waals surface area (Å²) in [5, 5.41) is 13.1. The Morgan fingerprint density at radius 3 is 2.78 bits per heavy atom. The summed E-state index contributed by atoms with van der Waals surface area (Å²) in [4.78, 5) is 26.1. The number of piperidine rings is 1. The molecule has 1 aliphatic heterocycles. The number of aliphatic hydroxyl groups excluding tert-OH is 1. The van der Waals surface area contributed by atoms with Crippen LogP contribution in [0.25, 0.3) is 0 Å². The quantitative estimate of drug-likeness (QED) is 0.871. The van der Waals surface area contributed by atoms with Crippen LogP contribution in [0.15, 0.2) is 24.3 Å². The molecular formula is C18H26N2O3. The van der Waals surface area contributed by atoms with Gasteiger partial charge in [0.25, 0.3) is 0 Å². The van der Waals surface area contributed by atoms with E-state index in [9.17, 15) is 14.7 Å². The van der Waals surface area contributed by atoms with Crippen molar-refractivity contribution < 1.29 is 14.7 Å². The predicted molar refractivity (Wildman–Crippen MR) is 88.8 cm³/mol. The van der Waals surface area contributed by atoms with Gasteiger partial charge in [0, 0.05) is 19.5 Å². The highest BCUT2D eigenvalue weighted by Crippen LogP contribution is 2.19. The summed E-state index contributed by atoms with van der Waals surface area (Å²) >= 11 is 0. The zero-order valence-electron chi connectivity index (χ0n) is 13.9. The van der Waals surface area contributed by atoms with Gasteiger partial charge in [-0.05, 0) is 37.3 Å². The first-order chi connectivity index (χ1) is 11.0. The Morgan fingerprint density at radius 1 is 1.35 bits per heavy atom. The van der Waals surface area contributed by atoms with Crippen molar-refractivity contribution in [2.24, 2.45) is 0 Å². The Morgan fingerprint density at radius 2 is 2.09 bits per heavy atom. The number of benzene rings is 1. The van der Waals surface area contributed by atoms with Crippen molar-refractivity contribution in [1.82, 2.24) is 10.2 Å². The van der Waals surface area contributed by atoms with Gasteiger partial charge in [0.1, 0.15) is 6.04 Å². The van der Waals surface area contributed by atoms with Crippen molar-refractivity contribution >= 4 is 11.8 Å². The third-order valence-electron chi connectivity index (χ3n) is 4.45. The molecule has 2 unspecified atom stereocenters. The molecule has 5 heteroatoms. The standard InChI is InChI=1S/C18H26N2O3/c1-3-17(22)20-11-7-6-10-15(20)18(23)19-12-16(21)14-9-5-4-8-13(14)2/h4-5,8-9,15-16,21H,3,6-7,10-12H2,1-2H3,(H,19,23). The van der Waals surface area contributed by atoms with E-state index < -0.39 is 12.1 Å². The van der Waals surface area contributed by atoms with Crippen molar-refractivity contribution in [3.8, 4) is 0 Å². The van der Waals surface area contributed by atoms with Crippen LogP contribution in [0.3, 0.4) is 0 Å². The van der Waals surface area contributed by atoms with Gasteiger partial charge < -0.3 is 15.3 Å². The molecule has 2 atom stereocenters. The number of rotatable bonds is 5. The highest BCUT2D eigenvalue weighted by atomic mass is 16.3. The van der Waals surface area contributed by atoms with E-state index in [1.165, 1.54) is 0 Å². The number of carbonyl (C=O) groups is 2. The Kier molecular flexibility index (Phi) is 6.16. The number of aryl methyl sites for hydroxylation is 1. The maximum atomic E-state index is 12.4. The minimum Gasteiger partial charge on any atom is -0.387 e. The number of nitrogens with one attached hydrogen (secondary N) is 1. The van der Waals surface area contributed by atoms with Gasteiger partial charge in [-0.15, -0.1) is 0 Å². The van der Waals surface area contributed by atoms with Crippen LogP contribution in [-0.2, 0) is 9.59 Å². The molecule has 1 fully saturated rings. The molecule has 1 saturated heterocycles. The van der Waals surface area contributed by atoms with Crippen LogP contribution in [0.1, 0.15) is 49.8 Å². The lowest BCUT2D eigenvalue weighted by Crippen LogP contribution is -2.52. The van der Waals surface area contributed by atoms with E-state index in [0.29, 0.717) is 19.4 Å². The average Bonchev–Trinajstić information content (AvgIpc) is 2.59. The van der Waals surface area contributed by atoms with Crippen LogP contribution >= 0.6 is 0 Å². The fraction of sp³-hybridized carbons (Fsp3) is 0.556. The SMILES string of the molecule is CCC(=O)N1CCCCC1C(=O)NCC(O)c1ccccc1C. The molecule has 1 heterocycles. The Bertz CT molecular complexity index is 559. The predicted octanol–water partition coefficient (Wildman–Crippen LogP) is 1.94. The van der Waals surface area contributed by atoms with E-state index in [2.05, 4.69) is 5.32 Å². The zero-order valence-corrected chi connectivity index (χ0v) is 13.9. The van der Waals surface area contributed by atoms with E-state index >= 15 is 0 Å². The second-order valence-electron chi connectivity index (χ2n) is 6.07. The smallest absolute Gasteiger partial charge is 0.242 e. The molecule has 0 radical (unpaired) electrons. The summed E-state index contributed by atoms with van der Waals surface area (Å²) in [6.45, 7) is 4.55. The topological polar surface area (TPSA) is 69.6 Å². The van der Waals surface area contributed by atoms with Crippen LogP contribution in [0.2, 0.25) is 0 Å². The van der Waals surface area contributed by atoms with E-state index in [1.54, 1.807) is 4.90 Å². The highest BCUT2D eigenvalue weighted by molar-refractivity contribution is 5.87. The van der Waals surface area contributed by atoms with Crippen molar-refractivity contribution in [2.45, 2.75) is 51.7 Å². The van der Waals surface area contributed by atoms with Crippen LogP contribution in [0.4, 0.5) is 0 Å². The van der Waals surface area contributed by atoms with Crippen molar-refractivity contribution in [3.05, 3.63) is 35.4 Å². The second kappa shape index (κ2) is 8.11. The number of amides is 2. The molecule has 1 aromatic rings. The van der Waals surface area contributed by atoms with Gasteiger partial charge in [-0.2, -0.15) is 0 Å². The molecule has 2 rings (SSSR count). The Hall–Kier alpha value is -1.88. The molecule has 0 aromatic heterocycles. The lowest BCUT2D eigenvalue weighted by Gasteiger charge is -2.34. The fourth-order valence-electron chi connectivity index (χ4n) is 3.09. The lowest BCUT2D eigenvalue weighted by atomic mass is 10.00. The molecule has 126 valence electrons. The number of aliphatic hydroxyl groups is 1. The molecule has 1 aromatic carbocycles. The zero-order chi connectivity index (χ0) is 16.8. The molecule has 2 N–H and O–H groups in total. The molecule has 1 aliphatic rings. The summed E-state index contributed by atoms with van der Waals surface area (Å²) < 4.78 is 0. The van der Waals surface area contributed by atoms with E-state index in [1.807, 2.05) is 38.1 Å². The second-order valence-corrected chi connectivity index (χ2v) is 6.07. The Balaban J connectivity index is 1.95. The first kappa shape index (κ1) is 17.5. The number of hydrogen-bond donors (Lipinski definition) is 2. The van der Waals surface area contributed by atoms with Gasteiger partial charge in [-0.3, -0.25) is 9.59 Å². The maximum Gasteiger partial charge on any atom is 0.242 e. The summed E-state index contributed by atoms with van der Waals surface area (Å²) in [5.74, 6) is -0.150. The third kappa shape index (κ3) is 4.32. The largest absolute Gasteiger partial charge is 0.387 e. The molecule has 5 nitrogen and oxygen atoms in total. The third-order valence-corrected chi connectivity index (χ3v) is 4.45. The van der Waals surface area contributed by atoms with Crippen LogP contribution < -0.4 is 5.32 Å². The van der Waals surface area contributed by atoms with Crippen molar-refractivity contribution in [1.29, 1.82) is 0 Å². The number of nitrogens with zero attached hydrogens (tertiary/aromatic N) is 1. The van der Waals surface area contributed by atoms with Gasteiger partial charge >= 0.3 is 0 Å². The molecule has 0 bridgehead atoms. The average molecular weight is 318 g/mol. The van der Waals surface area contributed by atoms with Gasteiger partial charge in [0.05, 0.1) is 6.10 Å². The summed E-state index contributed by atoms with van der Waals surface area (Å²) in [6, 6.07) is 7.18. The van der Waals surface area contributed by atoms with Gasteiger partial charge in [-0.25, -0.2) is 0 Å². The molecule has 0 aliphatic carbocycles. The Labute approximate surface area is 137 Å². The lowest BCUT2D eigenvalue weighted by molar-refractivity contribution is -0.142. The minimum absolute atomic E-state index is 0.0179. The first-order valence-corrected chi connectivity index (χ1v) is 8.35. The highest BCUT2D eigenvalue weighted by Gasteiger charge is 2.31. The first-order valence-electron chi connectivity index (χ1n) is 8.35. The maximum absolute atomic E-state index is 12.4. The fourth-order valence-corrected chi connectivity index (χ4v) is 3.09. The van der Waals surface area contributed by atoms with Crippen LogP contribution in [0.5, 0.6) is 0 Å².